The summed E-state index contributed by atoms with van der Waals surface area (Å²) < 4.78 is 28.7. The number of nitrogens with zero attached hydrogens (tertiary/aromatic N) is 2. The molecule has 0 aromatic heterocycles. The van der Waals surface area contributed by atoms with Crippen LogP contribution >= 0.6 is 0 Å². The number of likely N-dealkylation sites (N-methyl/N-ethyl adjacent to an activating group) is 1. The highest BCUT2D eigenvalue weighted by molar-refractivity contribution is 7.90. The predicted molar refractivity (Wildman–Crippen MR) is 124 cm³/mol. The van der Waals surface area contributed by atoms with Crippen LogP contribution in [-0.2, 0) is 25.8 Å². The van der Waals surface area contributed by atoms with Crippen LogP contribution in [0.25, 0.3) is 0 Å². The normalized spacial score (nSPS) is 15.2. The molecule has 0 aliphatic carbocycles. The second-order valence-electron chi connectivity index (χ2n) is 8.38. The Labute approximate surface area is 194 Å². The topological polar surface area (TPSA) is 104 Å². The van der Waals surface area contributed by atoms with Gasteiger partial charge in [0.15, 0.2) is 16.4 Å². The maximum atomic E-state index is 13.2. The largest absolute Gasteiger partial charge is 0.482 e. The molecule has 178 valence electrons. The molecule has 1 N–H and O–H groups in total. The number of amides is 1. The molecule has 1 aliphatic rings. The van der Waals surface area contributed by atoms with E-state index in [1.54, 1.807) is 42.3 Å². The Kier molecular flexibility index (Phi) is 8.10. The molecular formula is C24H30N2O6S. The van der Waals surface area contributed by atoms with Gasteiger partial charge in [-0.3, -0.25) is 4.79 Å². The molecule has 0 spiro atoms. The molecule has 2 aromatic rings. The van der Waals surface area contributed by atoms with Crippen LogP contribution < -0.4 is 4.74 Å². The van der Waals surface area contributed by atoms with Crippen LogP contribution in [0.2, 0.25) is 0 Å². The fourth-order valence-corrected chi connectivity index (χ4v) is 4.58. The number of carbonyl (C=O) groups excluding carboxylic acids is 1. The number of aliphatic carboxylic acids is 1. The summed E-state index contributed by atoms with van der Waals surface area (Å²) in [5, 5.41) is 8.89. The summed E-state index contributed by atoms with van der Waals surface area (Å²) in [6.07, 6.45) is 3.54. The molecule has 1 atom stereocenters. The van der Waals surface area contributed by atoms with Crippen molar-refractivity contribution in [2.24, 2.45) is 0 Å². The van der Waals surface area contributed by atoms with Crippen LogP contribution in [0.5, 0.6) is 5.75 Å². The first-order valence-corrected chi connectivity index (χ1v) is 12.7. The van der Waals surface area contributed by atoms with E-state index in [2.05, 4.69) is 4.90 Å². The molecular weight excluding hydrogens is 444 g/mol. The smallest absolute Gasteiger partial charge is 0.341 e. The average Bonchev–Trinajstić information content (AvgIpc) is 3.29. The van der Waals surface area contributed by atoms with Crippen LogP contribution in [0.1, 0.15) is 30.0 Å². The molecule has 1 heterocycles. The third-order valence-corrected chi connectivity index (χ3v) is 6.93. The fourth-order valence-electron chi connectivity index (χ4n) is 3.95. The van der Waals surface area contributed by atoms with Gasteiger partial charge in [0.05, 0.1) is 17.4 Å². The van der Waals surface area contributed by atoms with E-state index in [-0.39, 0.29) is 23.3 Å². The Morgan fingerprint density at radius 2 is 1.79 bits per heavy atom. The van der Waals surface area contributed by atoms with E-state index in [1.165, 1.54) is 12.1 Å². The molecule has 33 heavy (non-hydrogen) atoms. The number of benzene rings is 2. The van der Waals surface area contributed by atoms with Crippen molar-refractivity contribution in [1.29, 1.82) is 0 Å². The van der Waals surface area contributed by atoms with Gasteiger partial charge in [0.25, 0.3) is 0 Å². The fraction of sp³-hybridized carbons (Fsp3) is 0.417. The zero-order chi connectivity index (χ0) is 24.0. The first-order valence-electron chi connectivity index (χ1n) is 10.8. The quantitative estimate of drug-likeness (QED) is 0.564. The van der Waals surface area contributed by atoms with Crippen LogP contribution in [0.4, 0.5) is 0 Å². The second kappa shape index (κ2) is 10.8. The van der Waals surface area contributed by atoms with Gasteiger partial charge >= 0.3 is 5.97 Å². The average molecular weight is 475 g/mol. The Hall–Kier alpha value is -2.91. The van der Waals surface area contributed by atoms with Crippen molar-refractivity contribution in [3.05, 3.63) is 59.7 Å². The summed E-state index contributed by atoms with van der Waals surface area (Å²) in [7, 11) is -1.53. The first-order chi connectivity index (χ1) is 15.6. The summed E-state index contributed by atoms with van der Waals surface area (Å²) in [6, 6.07) is 13.3. The van der Waals surface area contributed by atoms with E-state index in [4.69, 9.17) is 9.84 Å². The number of rotatable bonds is 10. The lowest BCUT2D eigenvalue weighted by Gasteiger charge is -2.32. The molecule has 8 nitrogen and oxygen atoms in total. The Morgan fingerprint density at radius 1 is 1.12 bits per heavy atom. The van der Waals surface area contributed by atoms with Gasteiger partial charge in [0.2, 0.25) is 5.91 Å². The number of sulfone groups is 1. The zero-order valence-corrected chi connectivity index (χ0v) is 19.8. The third-order valence-electron chi connectivity index (χ3n) is 5.80. The number of hydrogen-bond acceptors (Lipinski definition) is 6. The van der Waals surface area contributed by atoms with Crippen molar-refractivity contribution in [2.45, 2.75) is 30.2 Å². The van der Waals surface area contributed by atoms with Gasteiger partial charge in [0, 0.05) is 19.8 Å². The summed E-state index contributed by atoms with van der Waals surface area (Å²) in [4.78, 5) is 28.3. The monoisotopic (exact) mass is 474 g/mol. The highest BCUT2D eigenvalue weighted by Gasteiger charge is 2.26. The lowest BCUT2D eigenvalue weighted by atomic mass is 10.0. The molecule has 0 radical (unpaired) electrons. The molecule has 2 aromatic carbocycles. The minimum absolute atomic E-state index is 0.0943. The van der Waals surface area contributed by atoms with Gasteiger partial charge in [-0.25, -0.2) is 13.2 Å². The van der Waals surface area contributed by atoms with E-state index < -0.39 is 22.4 Å². The van der Waals surface area contributed by atoms with Crippen molar-refractivity contribution >= 4 is 21.7 Å². The van der Waals surface area contributed by atoms with Gasteiger partial charge < -0.3 is 19.6 Å². The van der Waals surface area contributed by atoms with E-state index in [1.807, 2.05) is 6.07 Å². The Balaban J connectivity index is 1.78. The molecule has 1 saturated heterocycles. The van der Waals surface area contributed by atoms with Gasteiger partial charge in [-0.15, -0.1) is 0 Å². The SMILES string of the molecule is CN(C(=O)Cc1ccc(S(C)(=O)=O)cc1)[C@H](CN1CCCC1)c1cccc(OCC(=O)O)c1. The Bertz CT molecular complexity index is 1080. The number of carboxylic acids is 1. The van der Waals surface area contributed by atoms with Gasteiger partial charge in [0.1, 0.15) is 5.75 Å². The van der Waals surface area contributed by atoms with Gasteiger partial charge in [-0.05, 0) is 61.3 Å². The number of likely N-dealkylation sites (tertiary alicyclic amines) is 1. The summed E-state index contributed by atoms with van der Waals surface area (Å²) >= 11 is 0. The minimum atomic E-state index is -3.29. The third kappa shape index (κ3) is 7.03. The van der Waals surface area contributed by atoms with Crippen molar-refractivity contribution in [2.75, 3.05) is 39.5 Å². The minimum Gasteiger partial charge on any atom is -0.482 e. The second-order valence-corrected chi connectivity index (χ2v) is 10.4. The zero-order valence-electron chi connectivity index (χ0n) is 18.9. The van der Waals surface area contributed by atoms with E-state index in [0.29, 0.717) is 12.3 Å². The van der Waals surface area contributed by atoms with Crippen LogP contribution in [0.15, 0.2) is 53.4 Å². The Morgan fingerprint density at radius 3 is 2.39 bits per heavy atom. The first kappa shape index (κ1) is 24.7. The molecule has 0 unspecified atom stereocenters. The van der Waals surface area contributed by atoms with Gasteiger partial charge in [-0.2, -0.15) is 0 Å². The van der Waals surface area contributed by atoms with E-state index in [0.717, 1.165) is 43.3 Å². The molecule has 9 heteroatoms. The number of carbonyl (C=O) groups is 2. The molecule has 0 bridgehead atoms. The van der Waals surface area contributed by atoms with E-state index >= 15 is 0 Å². The van der Waals surface area contributed by atoms with Gasteiger partial charge in [-0.1, -0.05) is 24.3 Å². The van der Waals surface area contributed by atoms with Crippen molar-refractivity contribution < 1.29 is 27.9 Å². The summed E-state index contributed by atoms with van der Waals surface area (Å²) in [6.45, 7) is 2.18. The van der Waals surface area contributed by atoms with Crippen molar-refractivity contribution in [3.63, 3.8) is 0 Å². The van der Waals surface area contributed by atoms with Crippen molar-refractivity contribution in [3.8, 4) is 5.75 Å². The number of hydrogen-bond donors (Lipinski definition) is 1. The lowest BCUT2D eigenvalue weighted by molar-refractivity contribution is -0.139. The number of carboxylic acid groups (broad SMARTS) is 1. The predicted octanol–water partition coefficient (Wildman–Crippen LogP) is 2.39. The lowest BCUT2D eigenvalue weighted by Crippen LogP contribution is -2.39. The summed E-state index contributed by atoms with van der Waals surface area (Å²) in [5.74, 6) is -0.704. The van der Waals surface area contributed by atoms with Crippen LogP contribution in [-0.4, -0.2) is 74.7 Å². The van der Waals surface area contributed by atoms with Crippen LogP contribution in [0, 0.1) is 0 Å². The maximum absolute atomic E-state index is 13.2. The van der Waals surface area contributed by atoms with Crippen molar-refractivity contribution in [1.82, 2.24) is 9.80 Å². The maximum Gasteiger partial charge on any atom is 0.341 e. The molecule has 1 aliphatic heterocycles. The van der Waals surface area contributed by atoms with Crippen LogP contribution in [0.3, 0.4) is 0 Å². The summed E-state index contributed by atoms with van der Waals surface area (Å²) in [5.41, 5.74) is 1.60. The molecule has 3 rings (SSSR count). The number of ether oxygens (including phenoxy) is 1. The highest BCUT2D eigenvalue weighted by Crippen LogP contribution is 2.27. The standard InChI is InChI=1S/C24H30N2O6S/c1-25(23(27)14-18-8-10-21(11-9-18)33(2,30)31)22(16-26-12-3-4-13-26)19-6-5-7-20(15-19)32-17-24(28)29/h5-11,15,22H,3-4,12-14,16-17H2,1-2H3,(H,28,29)/t22-/m1/s1. The molecule has 0 saturated carbocycles. The highest BCUT2D eigenvalue weighted by atomic mass is 32.2. The molecule has 1 fully saturated rings. The molecule has 1 amide bonds. The van der Waals surface area contributed by atoms with E-state index in [9.17, 15) is 18.0 Å².